The average Bonchev–Trinajstić information content (AvgIpc) is 3.12. The maximum Gasteiger partial charge on any atom is 0.0498 e. The second kappa shape index (κ2) is 5.27. The third-order valence-electron chi connectivity index (χ3n) is 5.46. The molecule has 5 unspecified atom stereocenters. The van der Waals surface area contributed by atoms with Crippen LogP contribution < -0.4 is 5.32 Å². The Morgan fingerprint density at radius 3 is 2.65 bits per heavy atom. The van der Waals surface area contributed by atoms with E-state index in [1.54, 1.807) is 6.26 Å². The zero-order valence-corrected chi connectivity index (χ0v) is 13.5. The van der Waals surface area contributed by atoms with Crippen LogP contribution in [0, 0.1) is 11.3 Å². The first-order chi connectivity index (χ1) is 9.50. The molecule has 1 N–H and O–H groups in total. The molecule has 2 saturated carbocycles. The Kier molecular flexibility index (Phi) is 3.76. The second-order valence-corrected chi connectivity index (χ2v) is 8.18. The highest BCUT2D eigenvalue weighted by atomic mass is 32.2. The first-order valence-electron chi connectivity index (χ1n) is 7.70. The Morgan fingerprint density at radius 1 is 1.30 bits per heavy atom. The number of fused-ring (bicyclic) bond motifs is 1. The molecular weight excluding hydrogens is 266 g/mol. The first kappa shape index (κ1) is 14.3. The van der Waals surface area contributed by atoms with Crippen LogP contribution in [0.4, 0.5) is 0 Å². The summed E-state index contributed by atoms with van der Waals surface area (Å²) in [6.45, 7) is 4.69. The predicted octanol–water partition coefficient (Wildman–Crippen LogP) is 3.65. The Labute approximate surface area is 124 Å². The lowest BCUT2D eigenvalue weighted by atomic mass is 9.84. The maximum absolute atomic E-state index is 11.4. The van der Waals surface area contributed by atoms with Crippen LogP contribution in [0.2, 0.25) is 0 Å². The van der Waals surface area contributed by atoms with E-state index in [0.29, 0.717) is 17.5 Å². The molecule has 20 heavy (non-hydrogen) atoms. The molecule has 2 fully saturated rings. The Balaban J connectivity index is 1.67. The van der Waals surface area contributed by atoms with E-state index >= 15 is 0 Å². The SMILES string of the molecule is CC(NC1CCCC2CC21C)c1ccc(S(C)=O)cc1. The van der Waals surface area contributed by atoms with Crippen molar-refractivity contribution >= 4 is 10.8 Å². The van der Waals surface area contributed by atoms with Gasteiger partial charge in [-0.2, -0.15) is 0 Å². The van der Waals surface area contributed by atoms with E-state index in [1.165, 1.54) is 31.2 Å². The van der Waals surface area contributed by atoms with Gasteiger partial charge in [-0.1, -0.05) is 25.5 Å². The van der Waals surface area contributed by atoms with E-state index in [1.807, 2.05) is 12.1 Å². The normalized spacial score (nSPS) is 35.1. The van der Waals surface area contributed by atoms with Crippen molar-refractivity contribution in [3.63, 3.8) is 0 Å². The predicted molar refractivity (Wildman–Crippen MR) is 84.2 cm³/mol. The fourth-order valence-electron chi connectivity index (χ4n) is 3.85. The quantitative estimate of drug-likeness (QED) is 0.917. The number of rotatable bonds is 4. The van der Waals surface area contributed by atoms with Gasteiger partial charge in [-0.25, -0.2) is 0 Å². The molecule has 2 aliphatic carbocycles. The number of nitrogens with one attached hydrogen (secondary N) is 1. The average molecular weight is 291 g/mol. The highest BCUT2D eigenvalue weighted by Crippen LogP contribution is 2.61. The third-order valence-corrected chi connectivity index (χ3v) is 6.40. The highest BCUT2D eigenvalue weighted by molar-refractivity contribution is 7.84. The minimum Gasteiger partial charge on any atom is -0.307 e. The molecule has 1 aromatic rings. The van der Waals surface area contributed by atoms with Gasteiger partial charge in [-0.05, 0) is 55.2 Å². The molecule has 0 amide bonds. The lowest BCUT2D eigenvalue weighted by Gasteiger charge is -2.33. The first-order valence-corrected chi connectivity index (χ1v) is 9.26. The van der Waals surface area contributed by atoms with Gasteiger partial charge in [0.05, 0.1) is 0 Å². The Morgan fingerprint density at radius 2 is 2.00 bits per heavy atom. The van der Waals surface area contributed by atoms with Crippen LogP contribution in [0.5, 0.6) is 0 Å². The fraction of sp³-hybridized carbons (Fsp3) is 0.647. The van der Waals surface area contributed by atoms with Gasteiger partial charge in [-0.3, -0.25) is 4.21 Å². The zero-order chi connectivity index (χ0) is 14.3. The van der Waals surface area contributed by atoms with Gasteiger partial charge in [0.15, 0.2) is 0 Å². The lowest BCUT2D eigenvalue weighted by molar-refractivity contribution is 0.245. The van der Waals surface area contributed by atoms with Crippen molar-refractivity contribution in [3.8, 4) is 0 Å². The molecule has 0 aliphatic heterocycles. The van der Waals surface area contributed by atoms with Crippen LogP contribution in [0.1, 0.15) is 51.1 Å². The van der Waals surface area contributed by atoms with Crippen LogP contribution >= 0.6 is 0 Å². The van der Waals surface area contributed by atoms with E-state index in [0.717, 1.165) is 10.8 Å². The van der Waals surface area contributed by atoms with Crippen LogP contribution in [0.25, 0.3) is 0 Å². The Hall–Kier alpha value is -0.670. The summed E-state index contributed by atoms with van der Waals surface area (Å²) in [5.41, 5.74) is 1.85. The molecule has 0 spiro atoms. The van der Waals surface area contributed by atoms with Crippen molar-refractivity contribution in [2.75, 3.05) is 6.26 Å². The van der Waals surface area contributed by atoms with Crippen molar-refractivity contribution in [2.45, 2.75) is 56.5 Å². The summed E-state index contributed by atoms with van der Waals surface area (Å²) < 4.78 is 11.4. The minimum absolute atomic E-state index is 0.371. The van der Waals surface area contributed by atoms with Crippen LogP contribution in [0.3, 0.4) is 0 Å². The molecule has 2 aliphatic rings. The summed E-state index contributed by atoms with van der Waals surface area (Å²) in [6.07, 6.45) is 7.25. The van der Waals surface area contributed by atoms with E-state index in [9.17, 15) is 4.21 Å². The van der Waals surface area contributed by atoms with Crippen molar-refractivity contribution in [2.24, 2.45) is 11.3 Å². The number of hydrogen-bond donors (Lipinski definition) is 1. The van der Waals surface area contributed by atoms with Gasteiger partial charge in [-0.15, -0.1) is 0 Å². The molecule has 0 aromatic heterocycles. The van der Waals surface area contributed by atoms with Crippen molar-refractivity contribution in [1.82, 2.24) is 5.32 Å². The summed E-state index contributed by atoms with van der Waals surface area (Å²) in [4.78, 5) is 0.910. The molecule has 0 saturated heterocycles. The molecule has 0 bridgehead atoms. The zero-order valence-electron chi connectivity index (χ0n) is 12.7. The largest absolute Gasteiger partial charge is 0.307 e. The monoisotopic (exact) mass is 291 g/mol. The number of benzene rings is 1. The van der Waals surface area contributed by atoms with E-state index in [2.05, 4.69) is 31.3 Å². The molecule has 110 valence electrons. The summed E-state index contributed by atoms with van der Waals surface area (Å²) in [6, 6.07) is 9.25. The third kappa shape index (κ3) is 2.58. The second-order valence-electron chi connectivity index (χ2n) is 6.80. The van der Waals surface area contributed by atoms with Gasteiger partial charge < -0.3 is 5.32 Å². The fourth-order valence-corrected chi connectivity index (χ4v) is 4.37. The Bertz CT molecular complexity index is 512. The molecule has 2 nitrogen and oxygen atoms in total. The molecule has 0 heterocycles. The number of hydrogen-bond acceptors (Lipinski definition) is 2. The van der Waals surface area contributed by atoms with E-state index < -0.39 is 10.8 Å². The maximum atomic E-state index is 11.4. The van der Waals surface area contributed by atoms with Crippen LogP contribution in [-0.2, 0) is 10.8 Å². The summed E-state index contributed by atoms with van der Waals surface area (Å²) in [5, 5.41) is 3.84. The summed E-state index contributed by atoms with van der Waals surface area (Å²) in [7, 11) is -0.883. The topological polar surface area (TPSA) is 29.1 Å². The standard InChI is InChI=1S/C17H25NOS/c1-12(13-7-9-15(10-8-13)20(3)19)18-16-6-4-5-14-11-17(14,16)2/h7-10,12,14,16,18H,4-6,11H2,1-3H3. The van der Waals surface area contributed by atoms with Crippen LogP contribution in [-0.4, -0.2) is 16.5 Å². The summed E-state index contributed by atoms with van der Waals surface area (Å²) >= 11 is 0. The molecule has 3 heteroatoms. The van der Waals surface area contributed by atoms with Gasteiger partial charge in [0.1, 0.15) is 0 Å². The summed E-state index contributed by atoms with van der Waals surface area (Å²) in [5.74, 6) is 0.964. The van der Waals surface area contributed by atoms with Crippen LogP contribution in [0.15, 0.2) is 29.2 Å². The van der Waals surface area contributed by atoms with E-state index in [-0.39, 0.29) is 0 Å². The van der Waals surface area contributed by atoms with Crippen molar-refractivity contribution in [3.05, 3.63) is 29.8 Å². The van der Waals surface area contributed by atoms with Gasteiger partial charge in [0, 0.05) is 34.0 Å². The molecular formula is C17H25NOS. The molecule has 1 aromatic carbocycles. The molecule has 5 atom stereocenters. The molecule has 0 radical (unpaired) electrons. The lowest BCUT2D eigenvalue weighted by Crippen LogP contribution is -2.40. The highest BCUT2D eigenvalue weighted by Gasteiger charge is 2.56. The van der Waals surface area contributed by atoms with Gasteiger partial charge >= 0.3 is 0 Å². The van der Waals surface area contributed by atoms with E-state index in [4.69, 9.17) is 0 Å². The molecule has 3 rings (SSSR count). The van der Waals surface area contributed by atoms with Gasteiger partial charge in [0.2, 0.25) is 0 Å². The van der Waals surface area contributed by atoms with Gasteiger partial charge in [0.25, 0.3) is 0 Å². The van der Waals surface area contributed by atoms with Crippen molar-refractivity contribution < 1.29 is 4.21 Å². The minimum atomic E-state index is -0.883. The van der Waals surface area contributed by atoms with Crippen molar-refractivity contribution in [1.29, 1.82) is 0 Å². The smallest absolute Gasteiger partial charge is 0.0498 e.